The molecule has 28 heavy (non-hydrogen) atoms. The van der Waals surface area contributed by atoms with E-state index in [2.05, 4.69) is 10.4 Å². The van der Waals surface area contributed by atoms with Gasteiger partial charge in [0.25, 0.3) is 0 Å². The Morgan fingerprint density at radius 3 is 2.61 bits per heavy atom. The number of carbonyl (C=O) groups excluding carboxylic acids is 1. The van der Waals surface area contributed by atoms with Gasteiger partial charge in [0, 0.05) is 29.1 Å². The molecule has 4 rings (SSSR count). The zero-order valence-corrected chi connectivity index (χ0v) is 15.8. The van der Waals surface area contributed by atoms with Crippen LogP contribution in [0.25, 0.3) is 11.8 Å². The summed E-state index contributed by atoms with van der Waals surface area (Å²) >= 11 is 0. The smallest absolute Gasteiger partial charge is 0.248 e. The minimum atomic E-state index is -0.220. The number of hydrogen-bond acceptors (Lipinski definition) is 4. The standard InChI is InChI=1S/C22H21N3O3/c1-15-19(16(2)25(24-15)18-6-4-3-5-7-18)9-11-22(26)23-17-8-10-20-21(14-17)28-13-12-27-20/h3-11,14H,12-13H2,1-2H3,(H,23,26)/b11-9+. The third kappa shape index (κ3) is 3.62. The number of amides is 1. The van der Waals surface area contributed by atoms with Crippen molar-refractivity contribution < 1.29 is 14.3 Å². The van der Waals surface area contributed by atoms with Crippen LogP contribution in [0.1, 0.15) is 17.0 Å². The summed E-state index contributed by atoms with van der Waals surface area (Å²) in [4.78, 5) is 12.4. The molecule has 2 aromatic carbocycles. The number of benzene rings is 2. The van der Waals surface area contributed by atoms with E-state index in [0.717, 1.165) is 22.6 Å². The third-order valence-electron chi connectivity index (χ3n) is 4.56. The number of nitrogens with zero attached hydrogens (tertiary/aromatic N) is 2. The summed E-state index contributed by atoms with van der Waals surface area (Å²) in [5.41, 5.74) is 4.42. The lowest BCUT2D eigenvalue weighted by atomic mass is 10.2. The van der Waals surface area contributed by atoms with Gasteiger partial charge in [0.1, 0.15) is 13.2 Å². The molecule has 0 saturated carbocycles. The molecule has 1 amide bonds. The molecule has 0 saturated heterocycles. The molecule has 0 bridgehead atoms. The SMILES string of the molecule is Cc1nn(-c2ccccc2)c(C)c1/C=C/C(=O)Nc1ccc2c(c1)OCCO2. The number of aryl methyl sites for hydroxylation is 1. The Bertz CT molecular complexity index is 1040. The zero-order chi connectivity index (χ0) is 19.5. The van der Waals surface area contributed by atoms with Crippen molar-refractivity contribution in [3.8, 4) is 17.2 Å². The van der Waals surface area contributed by atoms with E-state index in [1.165, 1.54) is 6.08 Å². The maximum absolute atomic E-state index is 12.4. The lowest BCUT2D eigenvalue weighted by molar-refractivity contribution is -0.111. The highest BCUT2D eigenvalue weighted by Crippen LogP contribution is 2.32. The van der Waals surface area contributed by atoms with Gasteiger partial charge in [-0.05, 0) is 44.2 Å². The molecule has 1 aliphatic rings. The Labute approximate surface area is 163 Å². The Kier molecular flexibility index (Phi) is 4.85. The summed E-state index contributed by atoms with van der Waals surface area (Å²) in [6, 6.07) is 15.3. The Balaban J connectivity index is 1.50. The number of aromatic nitrogens is 2. The van der Waals surface area contributed by atoms with Crippen molar-refractivity contribution in [1.29, 1.82) is 0 Å². The molecule has 0 aliphatic carbocycles. The first-order chi connectivity index (χ1) is 13.6. The maximum atomic E-state index is 12.4. The number of ether oxygens (including phenoxy) is 2. The molecule has 0 spiro atoms. The highest BCUT2D eigenvalue weighted by Gasteiger charge is 2.13. The monoisotopic (exact) mass is 375 g/mol. The molecule has 3 aromatic rings. The molecule has 1 aromatic heterocycles. The topological polar surface area (TPSA) is 65.4 Å². The van der Waals surface area contributed by atoms with E-state index in [-0.39, 0.29) is 5.91 Å². The van der Waals surface area contributed by atoms with E-state index in [0.29, 0.717) is 30.4 Å². The molecular weight excluding hydrogens is 354 g/mol. The van der Waals surface area contributed by atoms with E-state index >= 15 is 0 Å². The van der Waals surface area contributed by atoms with Gasteiger partial charge in [0.15, 0.2) is 11.5 Å². The van der Waals surface area contributed by atoms with E-state index < -0.39 is 0 Å². The molecule has 0 radical (unpaired) electrons. The highest BCUT2D eigenvalue weighted by atomic mass is 16.6. The number of para-hydroxylation sites is 1. The van der Waals surface area contributed by atoms with E-state index in [9.17, 15) is 4.79 Å². The fourth-order valence-corrected chi connectivity index (χ4v) is 3.18. The van der Waals surface area contributed by atoms with Crippen molar-refractivity contribution in [2.45, 2.75) is 13.8 Å². The van der Waals surface area contributed by atoms with Crippen molar-refractivity contribution in [3.63, 3.8) is 0 Å². The number of hydrogen-bond donors (Lipinski definition) is 1. The zero-order valence-electron chi connectivity index (χ0n) is 15.8. The van der Waals surface area contributed by atoms with Crippen molar-refractivity contribution in [1.82, 2.24) is 9.78 Å². The lowest BCUT2D eigenvalue weighted by Crippen LogP contribution is -2.16. The first kappa shape index (κ1) is 17.9. The van der Waals surface area contributed by atoms with Crippen molar-refractivity contribution in [2.75, 3.05) is 18.5 Å². The van der Waals surface area contributed by atoms with Gasteiger partial charge in [-0.2, -0.15) is 5.10 Å². The Hall–Kier alpha value is -3.54. The average molecular weight is 375 g/mol. The normalized spacial score (nSPS) is 12.9. The maximum Gasteiger partial charge on any atom is 0.248 e. The van der Waals surface area contributed by atoms with Crippen LogP contribution in [-0.2, 0) is 4.79 Å². The van der Waals surface area contributed by atoms with E-state index in [1.54, 1.807) is 24.3 Å². The fraction of sp³-hybridized carbons (Fsp3) is 0.182. The molecule has 142 valence electrons. The van der Waals surface area contributed by atoms with E-state index in [4.69, 9.17) is 9.47 Å². The van der Waals surface area contributed by atoms with Gasteiger partial charge < -0.3 is 14.8 Å². The van der Waals surface area contributed by atoms with Crippen LogP contribution in [0.15, 0.2) is 54.6 Å². The molecule has 0 unspecified atom stereocenters. The van der Waals surface area contributed by atoms with Gasteiger partial charge >= 0.3 is 0 Å². The molecule has 1 N–H and O–H groups in total. The molecule has 0 atom stereocenters. The average Bonchev–Trinajstić information content (AvgIpc) is 3.00. The Morgan fingerprint density at radius 2 is 1.82 bits per heavy atom. The minimum absolute atomic E-state index is 0.220. The van der Waals surface area contributed by atoms with Crippen LogP contribution < -0.4 is 14.8 Å². The second-order valence-electron chi connectivity index (χ2n) is 6.51. The van der Waals surface area contributed by atoms with E-state index in [1.807, 2.05) is 48.9 Å². The van der Waals surface area contributed by atoms with Gasteiger partial charge in [0.05, 0.1) is 11.4 Å². The summed E-state index contributed by atoms with van der Waals surface area (Å²) in [6.07, 6.45) is 3.31. The van der Waals surface area contributed by atoms with Crippen LogP contribution in [0.2, 0.25) is 0 Å². The van der Waals surface area contributed by atoms with Gasteiger partial charge in [-0.3, -0.25) is 4.79 Å². The minimum Gasteiger partial charge on any atom is -0.486 e. The summed E-state index contributed by atoms with van der Waals surface area (Å²) in [5, 5.41) is 7.45. The summed E-state index contributed by atoms with van der Waals surface area (Å²) in [6.45, 7) is 4.97. The highest BCUT2D eigenvalue weighted by molar-refractivity contribution is 6.02. The number of fused-ring (bicyclic) bond motifs is 1. The largest absolute Gasteiger partial charge is 0.486 e. The summed E-state index contributed by atoms with van der Waals surface area (Å²) in [5.74, 6) is 1.12. The lowest BCUT2D eigenvalue weighted by Gasteiger charge is -2.18. The first-order valence-corrected chi connectivity index (χ1v) is 9.12. The van der Waals surface area contributed by atoms with Crippen LogP contribution in [0, 0.1) is 13.8 Å². The molecule has 6 heteroatoms. The van der Waals surface area contributed by atoms with Crippen molar-refractivity contribution >= 4 is 17.7 Å². The molecule has 6 nitrogen and oxygen atoms in total. The molecule has 2 heterocycles. The third-order valence-corrected chi connectivity index (χ3v) is 4.56. The van der Waals surface area contributed by atoms with Gasteiger partial charge in [-0.1, -0.05) is 18.2 Å². The van der Waals surface area contributed by atoms with Crippen LogP contribution >= 0.6 is 0 Å². The summed E-state index contributed by atoms with van der Waals surface area (Å²) in [7, 11) is 0. The van der Waals surface area contributed by atoms with Crippen molar-refractivity contribution in [2.24, 2.45) is 0 Å². The quantitative estimate of drug-likeness (QED) is 0.702. The number of nitrogens with one attached hydrogen (secondary N) is 1. The predicted octanol–water partition coefficient (Wildman–Crippen LogP) is 3.91. The van der Waals surface area contributed by atoms with Crippen LogP contribution in [0.5, 0.6) is 11.5 Å². The fourth-order valence-electron chi connectivity index (χ4n) is 3.18. The van der Waals surface area contributed by atoms with Gasteiger partial charge in [-0.25, -0.2) is 4.68 Å². The van der Waals surface area contributed by atoms with Crippen LogP contribution in [0.4, 0.5) is 5.69 Å². The van der Waals surface area contributed by atoms with Gasteiger partial charge in [0.2, 0.25) is 5.91 Å². The second-order valence-corrected chi connectivity index (χ2v) is 6.51. The van der Waals surface area contributed by atoms with Crippen LogP contribution in [0.3, 0.4) is 0 Å². The summed E-state index contributed by atoms with van der Waals surface area (Å²) < 4.78 is 12.9. The number of carbonyl (C=O) groups is 1. The Morgan fingerprint density at radius 1 is 1.07 bits per heavy atom. The van der Waals surface area contributed by atoms with Crippen LogP contribution in [-0.4, -0.2) is 28.9 Å². The number of rotatable bonds is 4. The number of anilines is 1. The molecule has 1 aliphatic heterocycles. The molecule has 0 fully saturated rings. The second kappa shape index (κ2) is 7.60. The van der Waals surface area contributed by atoms with Gasteiger partial charge in [-0.15, -0.1) is 0 Å². The molecular formula is C22H21N3O3. The predicted molar refractivity (Wildman–Crippen MR) is 108 cm³/mol. The first-order valence-electron chi connectivity index (χ1n) is 9.12. The van der Waals surface area contributed by atoms with Crippen molar-refractivity contribution in [3.05, 3.63) is 71.6 Å².